The summed E-state index contributed by atoms with van der Waals surface area (Å²) in [5.74, 6) is -0.0315. The van der Waals surface area contributed by atoms with Gasteiger partial charge in [-0.05, 0) is 13.5 Å². The molecule has 0 aliphatic heterocycles. The van der Waals surface area contributed by atoms with Crippen LogP contribution in [0, 0.1) is 0 Å². The third-order valence-corrected chi connectivity index (χ3v) is 0.994. The number of carbonyl (C=O) groups is 1. The maximum absolute atomic E-state index is 10.7. The molecule has 0 unspecified atom stereocenters. The van der Waals surface area contributed by atoms with Crippen molar-refractivity contribution < 1.29 is 9.90 Å². The quantitative estimate of drug-likeness (QED) is 0.485. The van der Waals surface area contributed by atoms with Gasteiger partial charge in [-0.25, -0.2) is 0 Å². The number of likely N-dealkylation sites (N-methyl/N-ethyl adjacent to an activating group) is 1. The Balaban J connectivity index is 0. The van der Waals surface area contributed by atoms with Gasteiger partial charge >= 0.3 is 0 Å². The third kappa shape index (κ3) is 9.68. The molecule has 0 radical (unpaired) electrons. The summed E-state index contributed by atoms with van der Waals surface area (Å²) in [6.45, 7) is 1.02. The first-order valence-electron chi connectivity index (χ1n) is 3.33. The molecular formula is C6H15ClN2O2. The minimum Gasteiger partial charge on any atom is -0.396 e. The van der Waals surface area contributed by atoms with Crippen molar-refractivity contribution in [2.24, 2.45) is 0 Å². The maximum atomic E-state index is 10.7. The first-order valence-corrected chi connectivity index (χ1v) is 3.33. The number of carbonyl (C=O) groups excluding carboxylic acids is 1. The van der Waals surface area contributed by atoms with Gasteiger partial charge in [-0.15, -0.1) is 12.4 Å². The zero-order chi connectivity index (χ0) is 7.82. The molecule has 1 amide bonds. The van der Waals surface area contributed by atoms with Crippen LogP contribution in [0.1, 0.15) is 6.42 Å². The summed E-state index contributed by atoms with van der Waals surface area (Å²) in [7, 11) is 1.71. The van der Waals surface area contributed by atoms with Crippen LogP contribution in [-0.2, 0) is 4.79 Å². The summed E-state index contributed by atoms with van der Waals surface area (Å²) < 4.78 is 0. The number of amides is 1. The van der Waals surface area contributed by atoms with Crippen molar-refractivity contribution in [3.05, 3.63) is 0 Å². The van der Waals surface area contributed by atoms with E-state index in [1.165, 1.54) is 0 Å². The van der Waals surface area contributed by atoms with Gasteiger partial charge in [0.15, 0.2) is 0 Å². The second-order valence-corrected chi connectivity index (χ2v) is 1.96. The van der Waals surface area contributed by atoms with Crippen LogP contribution < -0.4 is 10.6 Å². The molecule has 0 aromatic heterocycles. The minimum atomic E-state index is -0.0315. The van der Waals surface area contributed by atoms with E-state index in [2.05, 4.69) is 10.6 Å². The van der Waals surface area contributed by atoms with Gasteiger partial charge in [0.05, 0.1) is 6.54 Å². The fraction of sp³-hybridized carbons (Fsp3) is 0.833. The predicted octanol–water partition coefficient (Wildman–Crippen LogP) is -0.874. The summed E-state index contributed by atoms with van der Waals surface area (Å²) in [6.07, 6.45) is 0.620. The zero-order valence-electron chi connectivity index (χ0n) is 6.59. The molecule has 4 nitrogen and oxygen atoms in total. The molecule has 0 rings (SSSR count). The number of rotatable bonds is 5. The first kappa shape index (κ1) is 13.3. The lowest BCUT2D eigenvalue weighted by atomic mass is 10.4. The molecule has 0 bridgehead atoms. The second-order valence-electron chi connectivity index (χ2n) is 1.96. The lowest BCUT2D eigenvalue weighted by Gasteiger charge is -2.01. The fourth-order valence-corrected chi connectivity index (χ4v) is 0.530. The van der Waals surface area contributed by atoms with Crippen LogP contribution in [0.25, 0.3) is 0 Å². The van der Waals surface area contributed by atoms with Gasteiger partial charge in [-0.2, -0.15) is 0 Å². The van der Waals surface area contributed by atoms with Crippen molar-refractivity contribution in [3.8, 4) is 0 Å². The van der Waals surface area contributed by atoms with E-state index in [-0.39, 0.29) is 24.9 Å². The molecule has 0 aromatic rings. The van der Waals surface area contributed by atoms with E-state index in [0.29, 0.717) is 19.5 Å². The molecule has 5 heteroatoms. The second kappa shape index (κ2) is 9.68. The van der Waals surface area contributed by atoms with Crippen LogP contribution in [0.4, 0.5) is 0 Å². The van der Waals surface area contributed by atoms with Crippen molar-refractivity contribution in [1.29, 1.82) is 0 Å². The van der Waals surface area contributed by atoms with Gasteiger partial charge in [0.25, 0.3) is 0 Å². The Bertz CT molecular complexity index is 101. The highest BCUT2D eigenvalue weighted by atomic mass is 35.5. The Labute approximate surface area is 72.8 Å². The largest absolute Gasteiger partial charge is 0.396 e. The van der Waals surface area contributed by atoms with Crippen LogP contribution in [0.3, 0.4) is 0 Å². The van der Waals surface area contributed by atoms with E-state index < -0.39 is 0 Å². The standard InChI is InChI=1S/C6H14N2O2.ClH/c1-7-5-6(10)8-3-2-4-9;/h7,9H,2-5H2,1H3,(H,8,10);1H. The highest BCUT2D eigenvalue weighted by Gasteiger charge is 1.95. The Morgan fingerprint density at radius 3 is 2.64 bits per heavy atom. The zero-order valence-corrected chi connectivity index (χ0v) is 7.41. The van der Waals surface area contributed by atoms with Crippen LogP contribution in [0.15, 0.2) is 0 Å². The molecule has 0 aliphatic rings. The van der Waals surface area contributed by atoms with E-state index in [0.717, 1.165) is 0 Å². The molecule has 0 aromatic carbocycles. The van der Waals surface area contributed by atoms with Crippen LogP contribution in [0.2, 0.25) is 0 Å². The maximum Gasteiger partial charge on any atom is 0.233 e. The highest BCUT2D eigenvalue weighted by Crippen LogP contribution is 1.71. The molecule has 11 heavy (non-hydrogen) atoms. The Kier molecular flexibility index (Phi) is 11.7. The minimum absolute atomic E-state index is 0. The normalized spacial score (nSPS) is 8.55. The summed E-state index contributed by atoms with van der Waals surface area (Å²) in [5, 5.41) is 13.7. The van der Waals surface area contributed by atoms with E-state index in [9.17, 15) is 4.79 Å². The van der Waals surface area contributed by atoms with Crippen molar-refractivity contribution in [1.82, 2.24) is 10.6 Å². The SMILES string of the molecule is CNCC(=O)NCCCO.Cl. The molecule has 3 N–H and O–H groups in total. The number of hydrogen-bond acceptors (Lipinski definition) is 3. The summed E-state index contributed by atoms with van der Waals surface area (Å²) in [4.78, 5) is 10.7. The highest BCUT2D eigenvalue weighted by molar-refractivity contribution is 5.85. The number of nitrogens with one attached hydrogen (secondary N) is 2. The van der Waals surface area contributed by atoms with Gasteiger partial charge in [-0.3, -0.25) is 4.79 Å². The molecule has 0 atom stereocenters. The molecular weight excluding hydrogens is 168 g/mol. The van der Waals surface area contributed by atoms with E-state index in [1.54, 1.807) is 7.05 Å². The molecule has 0 saturated heterocycles. The molecule has 68 valence electrons. The van der Waals surface area contributed by atoms with E-state index >= 15 is 0 Å². The summed E-state index contributed by atoms with van der Waals surface area (Å²) in [6, 6.07) is 0. The molecule has 0 spiro atoms. The van der Waals surface area contributed by atoms with Crippen LogP contribution in [-0.4, -0.2) is 37.8 Å². The van der Waals surface area contributed by atoms with E-state index in [1.807, 2.05) is 0 Å². The van der Waals surface area contributed by atoms with Crippen LogP contribution in [0.5, 0.6) is 0 Å². The topological polar surface area (TPSA) is 61.4 Å². The Morgan fingerprint density at radius 1 is 1.55 bits per heavy atom. The number of halogens is 1. The van der Waals surface area contributed by atoms with Crippen molar-refractivity contribution in [3.63, 3.8) is 0 Å². The average molecular weight is 183 g/mol. The third-order valence-electron chi connectivity index (χ3n) is 0.994. The Hall–Kier alpha value is -0.320. The fourth-order valence-electron chi connectivity index (χ4n) is 0.530. The number of aliphatic hydroxyl groups excluding tert-OH is 1. The summed E-state index contributed by atoms with van der Waals surface area (Å²) in [5.41, 5.74) is 0. The predicted molar refractivity (Wildman–Crippen MR) is 45.9 cm³/mol. The van der Waals surface area contributed by atoms with Crippen molar-refractivity contribution in [2.45, 2.75) is 6.42 Å². The van der Waals surface area contributed by atoms with Gasteiger partial charge < -0.3 is 15.7 Å². The smallest absolute Gasteiger partial charge is 0.233 e. The van der Waals surface area contributed by atoms with Gasteiger partial charge in [-0.1, -0.05) is 0 Å². The van der Waals surface area contributed by atoms with Crippen molar-refractivity contribution in [2.75, 3.05) is 26.7 Å². The van der Waals surface area contributed by atoms with Gasteiger partial charge in [0.2, 0.25) is 5.91 Å². The molecule has 0 saturated carbocycles. The Morgan fingerprint density at radius 2 is 2.18 bits per heavy atom. The first-order chi connectivity index (χ1) is 4.81. The average Bonchev–Trinajstić information content (AvgIpc) is 1.89. The summed E-state index contributed by atoms with van der Waals surface area (Å²) >= 11 is 0. The number of hydrogen-bond donors (Lipinski definition) is 3. The lowest BCUT2D eigenvalue weighted by molar-refractivity contribution is -0.120. The van der Waals surface area contributed by atoms with Gasteiger partial charge in [0.1, 0.15) is 0 Å². The molecule has 0 fully saturated rings. The van der Waals surface area contributed by atoms with E-state index in [4.69, 9.17) is 5.11 Å². The molecule has 0 aliphatic carbocycles. The van der Waals surface area contributed by atoms with Crippen LogP contribution >= 0.6 is 12.4 Å². The monoisotopic (exact) mass is 182 g/mol. The van der Waals surface area contributed by atoms with Crippen molar-refractivity contribution >= 4 is 18.3 Å². The lowest BCUT2D eigenvalue weighted by Crippen LogP contribution is -2.32. The van der Waals surface area contributed by atoms with Gasteiger partial charge in [0, 0.05) is 13.2 Å². The number of aliphatic hydroxyl groups is 1. The molecule has 0 heterocycles.